The Labute approximate surface area is 136 Å². The van der Waals surface area contributed by atoms with Gasteiger partial charge in [0.1, 0.15) is 21.9 Å². The second-order valence-electron chi connectivity index (χ2n) is 4.77. The Morgan fingerprint density at radius 1 is 1.05 bits per heavy atom. The highest BCUT2D eigenvalue weighted by molar-refractivity contribution is 7.98. The summed E-state index contributed by atoms with van der Waals surface area (Å²) >= 11 is 3.31. The van der Waals surface area contributed by atoms with Crippen LogP contribution >= 0.6 is 23.1 Å². The number of benzene rings is 1. The standard InChI is InChI=1S/C17H12N2OS2/c1-2-4-12(5-3-1)13-8-14(20-9-13)10-22-17-15-6-7-21-16(15)18-11-19-17/h1-9,11H,10H2. The Morgan fingerprint density at radius 3 is 2.86 bits per heavy atom. The van der Waals surface area contributed by atoms with Gasteiger partial charge in [0.25, 0.3) is 0 Å². The summed E-state index contributed by atoms with van der Waals surface area (Å²) in [5.74, 6) is 1.71. The molecule has 0 fully saturated rings. The largest absolute Gasteiger partial charge is 0.468 e. The van der Waals surface area contributed by atoms with Crippen LogP contribution in [0.25, 0.3) is 21.3 Å². The van der Waals surface area contributed by atoms with Crippen molar-refractivity contribution in [2.75, 3.05) is 0 Å². The molecule has 5 heteroatoms. The number of thioether (sulfide) groups is 1. The molecule has 0 N–H and O–H groups in total. The van der Waals surface area contributed by atoms with Crippen molar-refractivity contribution in [3.63, 3.8) is 0 Å². The molecule has 0 saturated carbocycles. The first-order valence-electron chi connectivity index (χ1n) is 6.84. The van der Waals surface area contributed by atoms with Crippen molar-refractivity contribution in [2.45, 2.75) is 10.8 Å². The van der Waals surface area contributed by atoms with Crippen LogP contribution in [0, 0.1) is 0 Å². The Morgan fingerprint density at radius 2 is 1.95 bits per heavy atom. The molecular weight excluding hydrogens is 312 g/mol. The van der Waals surface area contributed by atoms with Crippen LogP contribution in [0.5, 0.6) is 0 Å². The molecule has 0 aliphatic heterocycles. The van der Waals surface area contributed by atoms with Crippen LogP contribution in [0.2, 0.25) is 0 Å². The number of aromatic nitrogens is 2. The maximum Gasteiger partial charge on any atom is 0.127 e. The van der Waals surface area contributed by atoms with Gasteiger partial charge in [0.2, 0.25) is 0 Å². The zero-order valence-corrected chi connectivity index (χ0v) is 13.2. The molecule has 0 amide bonds. The van der Waals surface area contributed by atoms with E-state index in [1.54, 1.807) is 29.4 Å². The maximum atomic E-state index is 5.67. The Hall–Kier alpha value is -2.11. The Kier molecular flexibility index (Phi) is 3.66. The first-order chi connectivity index (χ1) is 10.9. The molecule has 0 unspecified atom stereocenters. The van der Waals surface area contributed by atoms with Crippen molar-refractivity contribution in [2.24, 2.45) is 0 Å². The van der Waals surface area contributed by atoms with Crippen molar-refractivity contribution in [1.82, 2.24) is 9.97 Å². The zero-order chi connectivity index (χ0) is 14.8. The van der Waals surface area contributed by atoms with Gasteiger partial charge >= 0.3 is 0 Å². The van der Waals surface area contributed by atoms with Crippen molar-refractivity contribution in [3.05, 3.63) is 66.2 Å². The molecule has 22 heavy (non-hydrogen) atoms. The average Bonchev–Trinajstić information content (AvgIpc) is 3.23. The molecule has 3 aromatic heterocycles. The molecule has 108 valence electrons. The molecule has 0 atom stereocenters. The first-order valence-corrected chi connectivity index (χ1v) is 8.70. The highest BCUT2D eigenvalue weighted by Crippen LogP contribution is 2.31. The molecule has 4 rings (SSSR count). The summed E-state index contributed by atoms with van der Waals surface area (Å²) in [5.41, 5.74) is 2.28. The zero-order valence-electron chi connectivity index (χ0n) is 11.6. The number of rotatable bonds is 4. The monoisotopic (exact) mass is 324 g/mol. The number of hydrogen-bond acceptors (Lipinski definition) is 5. The summed E-state index contributed by atoms with van der Waals surface area (Å²) in [4.78, 5) is 9.68. The van der Waals surface area contributed by atoms with Gasteiger partial charge in [0, 0.05) is 10.9 Å². The normalized spacial score (nSPS) is 11.1. The van der Waals surface area contributed by atoms with Gasteiger partial charge in [-0.3, -0.25) is 0 Å². The van der Waals surface area contributed by atoms with Crippen LogP contribution < -0.4 is 0 Å². The first kappa shape index (κ1) is 13.5. The number of thiophene rings is 1. The lowest BCUT2D eigenvalue weighted by atomic mass is 10.1. The van der Waals surface area contributed by atoms with E-state index in [1.165, 1.54) is 5.56 Å². The Bertz CT molecular complexity index is 899. The van der Waals surface area contributed by atoms with Gasteiger partial charge in [-0.1, -0.05) is 42.1 Å². The van der Waals surface area contributed by atoms with Crippen molar-refractivity contribution in [3.8, 4) is 11.1 Å². The van der Waals surface area contributed by atoms with E-state index >= 15 is 0 Å². The molecule has 0 saturated heterocycles. The lowest BCUT2D eigenvalue weighted by Crippen LogP contribution is -1.84. The van der Waals surface area contributed by atoms with Gasteiger partial charge in [0.05, 0.1) is 12.0 Å². The van der Waals surface area contributed by atoms with E-state index in [0.29, 0.717) is 0 Å². The fourth-order valence-electron chi connectivity index (χ4n) is 2.26. The second-order valence-corrected chi connectivity index (χ2v) is 6.63. The average molecular weight is 324 g/mol. The molecule has 0 aliphatic rings. The highest BCUT2D eigenvalue weighted by atomic mass is 32.2. The number of fused-ring (bicyclic) bond motifs is 1. The molecule has 0 spiro atoms. The predicted molar refractivity (Wildman–Crippen MR) is 91.1 cm³/mol. The predicted octanol–water partition coefficient (Wildman–Crippen LogP) is 5.24. The van der Waals surface area contributed by atoms with E-state index in [0.717, 1.165) is 32.3 Å². The summed E-state index contributed by atoms with van der Waals surface area (Å²) in [6.07, 6.45) is 3.43. The van der Waals surface area contributed by atoms with E-state index in [4.69, 9.17) is 4.42 Å². The lowest BCUT2D eigenvalue weighted by molar-refractivity contribution is 0.531. The minimum atomic E-state index is 0.759. The van der Waals surface area contributed by atoms with Crippen LogP contribution in [0.15, 0.2) is 69.9 Å². The molecule has 1 aromatic carbocycles. The quantitative estimate of drug-likeness (QED) is 0.380. The van der Waals surface area contributed by atoms with Crippen LogP contribution in [-0.4, -0.2) is 9.97 Å². The van der Waals surface area contributed by atoms with E-state index in [2.05, 4.69) is 34.2 Å². The minimum absolute atomic E-state index is 0.759. The third-order valence-electron chi connectivity index (χ3n) is 3.34. The SMILES string of the molecule is c1ccc(-c2coc(CSc3ncnc4sccc34)c2)cc1. The third-order valence-corrected chi connectivity index (χ3v) is 5.19. The smallest absolute Gasteiger partial charge is 0.127 e. The van der Waals surface area contributed by atoms with Gasteiger partial charge < -0.3 is 4.42 Å². The van der Waals surface area contributed by atoms with Gasteiger partial charge in [-0.2, -0.15) is 0 Å². The fraction of sp³-hybridized carbons (Fsp3) is 0.0588. The molecule has 3 nitrogen and oxygen atoms in total. The molecule has 4 aromatic rings. The second kappa shape index (κ2) is 5.94. The molecule has 3 heterocycles. The van der Waals surface area contributed by atoms with Gasteiger partial charge in [-0.15, -0.1) is 11.3 Å². The number of furan rings is 1. The maximum absolute atomic E-state index is 5.67. The summed E-state index contributed by atoms with van der Waals surface area (Å²) < 4.78 is 5.67. The van der Waals surface area contributed by atoms with Crippen molar-refractivity contribution in [1.29, 1.82) is 0 Å². The van der Waals surface area contributed by atoms with E-state index in [1.807, 2.05) is 29.8 Å². The van der Waals surface area contributed by atoms with E-state index in [9.17, 15) is 0 Å². The molecule has 0 bridgehead atoms. The number of nitrogens with zero attached hydrogens (tertiary/aromatic N) is 2. The molecule has 0 radical (unpaired) electrons. The van der Waals surface area contributed by atoms with E-state index in [-0.39, 0.29) is 0 Å². The lowest BCUT2D eigenvalue weighted by Gasteiger charge is -1.99. The summed E-state index contributed by atoms with van der Waals surface area (Å²) in [6.45, 7) is 0. The molecular formula is C17H12N2OS2. The van der Waals surface area contributed by atoms with Crippen LogP contribution in [-0.2, 0) is 5.75 Å². The number of hydrogen-bond donors (Lipinski definition) is 0. The van der Waals surface area contributed by atoms with Crippen molar-refractivity contribution < 1.29 is 4.42 Å². The molecule has 0 aliphatic carbocycles. The highest BCUT2D eigenvalue weighted by Gasteiger charge is 2.08. The van der Waals surface area contributed by atoms with Gasteiger partial charge in [0.15, 0.2) is 0 Å². The van der Waals surface area contributed by atoms with Gasteiger partial charge in [-0.25, -0.2) is 9.97 Å². The summed E-state index contributed by atoms with van der Waals surface area (Å²) in [5, 5.41) is 4.17. The van der Waals surface area contributed by atoms with Crippen LogP contribution in [0.3, 0.4) is 0 Å². The Balaban J connectivity index is 1.53. The summed E-state index contributed by atoms with van der Waals surface area (Å²) in [7, 11) is 0. The third kappa shape index (κ3) is 2.65. The fourth-order valence-corrected chi connectivity index (χ4v) is 3.93. The van der Waals surface area contributed by atoms with Gasteiger partial charge in [-0.05, 0) is 23.1 Å². The van der Waals surface area contributed by atoms with E-state index < -0.39 is 0 Å². The topological polar surface area (TPSA) is 38.9 Å². The van der Waals surface area contributed by atoms with Crippen LogP contribution in [0.4, 0.5) is 0 Å². The summed E-state index contributed by atoms with van der Waals surface area (Å²) in [6, 6.07) is 14.4. The van der Waals surface area contributed by atoms with Crippen LogP contribution in [0.1, 0.15) is 5.76 Å². The minimum Gasteiger partial charge on any atom is -0.468 e. The van der Waals surface area contributed by atoms with Crippen molar-refractivity contribution >= 4 is 33.3 Å².